The van der Waals surface area contributed by atoms with E-state index < -0.39 is 12.2 Å². The van der Waals surface area contributed by atoms with Gasteiger partial charge in [-0.1, -0.05) is 42.5 Å². The second-order valence-electron chi connectivity index (χ2n) is 8.27. The molecule has 4 N–H and O–H groups in total. The van der Waals surface area contributed by atoms with E-state index in [9.17, 15) is 4.79 Å². The summed E-state index contributed by atoms with van der Waals surface area (Å²) >= 11 is 1.45. The quantitative estimate of drug-likeness (QED) is 0.226. The standard InChI is InChI=1S/C27H25N3O3S/c28-26(29)25-15-21-22(10-5-11-24(21)34-25)33-23(18-6-2-1-3-7-18)16-32-27(31)30-20-13-12-17-8-4-9-19(17)14-20/h1-3,5-7,10-15,23H,4,8-9,16H2,(H3,28,29)(H,30,31). The Bertz CT molecular complexity index is 1350. The Morgan fingerprint density at radius 1 is 1.03 bits per heavy atom. The molecule has 4 aromatic rings. The molecule has 172 valence electrons. The molecule has 3 aromatic carbocycles. The van der Waals surface area contributed by atoms with Crippen LogP contribution in [-0.2, 0) is 17.6 Å². The molecule has 1 aliphatic rings. The molecule has 1 heterocycles. The number of nitrogens with two attached hydrogens (primary N) is 1. The van der Waals surface area contributed by atoms with Crippen molar-refractivity contribution < 1.29 is 14.3 Å². The molecule has 6 nitrogen and oxygen atoms in total. The van der Waals surface area contributed by atoms with Crippen LogP contribution in [0.3, 0.4) is 0 Å². The number of carbonyl (C=O) groups is 1. The van der Waals surface area contributed by atoms with Gasteiger partial charge in [0, 0.05) is 15.8 Å². The maximum atomic E-state index is 12.6. The second-order valence-corrected chi connectivity index (χ2v) is 9.35. The van der Waals surface area contributed by atoms with Gasteiger partial charge in [-0.05, 0) is 66.3 Å². The van der Waals surface area contributed by atoms with Crippen molar-refractivity contribution in [3.8, 4) is 5.75 Å². The van der Waals surface area contributed by atoms with E-state index >= 15 is 0 Å². The summed E-state index contributed by atoms with van der Waals surface area (Å²) in [7, 11) is 0. The SMILES string of the molecule is N=C(N)c1cc2c(OC(COC(=O)Nc3ccc4c(c3)CCC4)c3ccccc3)cccc2s1. The fourth-order valence-corrected chi connectivity index (χ4v) is 5.18. The molecule has 0 spiro atoms. The highest BCUT2D eigenvalue weighted by Crippen LogP contribution is 2.35. The van der Waals surface area contributed by atoms with Gasteiger partial charge in [-0.15, -0.1) is 11.3 Å². The molecule has 34 heavy (non-hydrogen) atoms. The Hall–Kier alpha value is -3.84. The topological polar surface area (TPSA) is 97.4 Å². The van der Waals surface area contributed by atoms with E-state index in [-0.39, 0.29) is 12.4 Å². The lowest BCUT2D eigenvalue weighted by Crippen LogP contribution is -2.21. The second kappa shape index (κ2) is 9.57. The summed E-state index contributed by atoms with van der Waals surface area (Å²) in [6, 6.07) is 23.3. The number of amidine groups is 1. The van der Waals surface area contributed by atoms with Gasteiger partial charge in [-0.2, -0.15) is 0 Å². The average Bonchev–Trinajstić information content (AvgIpc) is 3.49. The molecular weight excluding hydrogens is 446 g/mol. The van der Waals surface area contributed by atoms with Gasteiger partial charge in [-0.25, -0.2) is 4.79 Å². The Labute approximate surface area is 201 Å². The van der Waals surface area contributed by atoms with E-state index in [4.69, 9.17) is 20.6 Å². The number of nitrogen functional groups attached to an aromatic ring is 1. The fourth-order valence-electron chi connectivity index (χ4n) is 4.24. The highest BCUT2D eigenvalue weighted by atomic mass is 32.1. The minimum Gasteiger partial charge on any atom is -0.481 e. The van der Waals surface area contributed by atoms with Crippen molar-refractivity contribution in [3.63, 3.8) is 0 Å². The highest BCUT2D eigenvalue weighted by Gasteiger charge is 2.19. The number of aryl methyl sites for hydroxylation is 2. The molecule has 7 heteroatoms. The number of nitrogens with one attached hydrogen (secondary N) is 2. The van der Waals surface area contributed by atoms with Crippen LogP contribution in [0.1, 0.15) is 34.1 Å². The van der Waals surface area contributed by atoms with Crippen molar-refractivity contribution in [2.24, 2.45) is 5.73 Å². The maximum absolute atomic E-state index is 12.6. The molecule has 0 radical (unpaired) electrons. The van der Waals surface area contributed by atoms with E-state index in [0.29, 0.717) is 10.6 Å². The molecule has 1 atom stereocenters. The minimum absolute atomic E-state index is 0.0262. The number of thiophene rings is 1. The lowest BCUT2D eigenvalue weighted by atomic mass is 10.1. The number of hydrogen-bond acceptors (Lipinski definition) is 5. The smallest absolute Gasteiger partial charge is 0.411 e. The van der Waals surface area contributed by atoms with Gasteiger partial charge < -0.3 is 15.2 Å². The number of amides is 1. The van der Waals surface area contributed by atoms with Crippen LogP contribution < -0.4 is 15.8 Å². The van der Waals surface area contributed by atoms with Gasteiger partial charge in [0.25, 0.3) is 0 Å². The maximum Gasteiger partial charge on any atom is 0.411 e. The van der Waals surface area contributed by atoms with E-state index in [1.54, 1.807) is 0 Å². The lowest BCUT2D eigenvalue weighted by Gasteiger charge is -2.20. The van der Waals surface area contributed by atoms with Gasteiger partial charge in [0.1, 0.15) is 18.2 Å². The van der Waals surface area contributed by atoms with E-state index in [1.807, 2.05) is 66.7 Å². The Kier molecular flexibility index (Phi) is 6.18. The van der Waals surface area contributed by atoms with E-state index in [2.05, 4.69) is 11.4 Å². The van der Waals surface area contributed by atoms with Gasteiger partial charge >= 0.3 is 6.09 Å². The van der Waals surface area contributed by atoms with Crippen LogP contribution >= 0.6 is 11.3 Å². The van der Waals surface area contributed by atoms with Crippen LogP contribution in [0.25, 0.3) is 10.1 Å². The number of hydrogen-bond donors (Lipinski definition) is 3. The monoisotopic (exact) mass is 471 g/mol. The predicted octanol–water partition coefficient (Wildman–Crippen LogP) is 6.04. The van der Waals surface area contributed by atoms with Gasteiger partial charge in [-0.3, -0.25) is 10.7 Å². The van der Waals surface area contributed by atoms with Crippen LogP contribution in [0.15, 0.2) is 72.8 Å². The van der Waals surface area contributed by atoms with Crippen molar-refractivity contribution in [2.45, 2.75) is 25.4 Å². The summed E-state index contributed by atoms with van der Waals surface area (Å²) in [6.07, 6.45) is 2.28. The first-order chi connectivity index (χ1) is 16.6. The predicted molar refractivity (Wildman–Crippen MR) is 136 cm³/mol. The first kappa shape index (κ1) is 22.0. The highest BCUT2D eigenvalue weighted by molar-refractivity contribution is 7.20. The third-order valence-electron chi connectivity index (χ3n) is 5.94. The summed E-state index contributed by atoms with van der Waals surface area (Å²) in [6.45, 7) is 0.0425. The molecule has 1 unspecified atom stereocenters. The molecule has 1 aliphatic carbocycles. The molecule has 0 bridgehead atoms. The molecular formula is C27H25N3O3S. The Balaban J connectivity index is 1.32. The zero-order chi connectivity index (χ0) is 23.5. The third kappa shape index (κ3) is 4.75. The summed E-state index contributed by atoms with van der Waals surface area (Å²) in [5, 5.41) is 11.5. The van der Waals surface area contributed by atoms with E-state index in [1.165, 1.54) is 22.5 Å². The first-order valence-corrected chi connectivity index (χ1v) is 12.0. The number of rotatable bonds is 7. The van der Waals surface area contributed by atoms with Crippen molar-refractivity contribution in [1.82, 2.24) is 0 Å². The first-order valence-electron chi connectivity index (χ1n) is 11.2. The summed E-state index contributed by atoms with van der Waals surface area (Å²) in [4.78, 5) is 13.3. The number of fused-ring (bicyclic) bond motifs is 2. The minimum atomic E-state index is -0.518. The Morgan fingerprint density at radius 3 is 2.68 bits per heavy atom. The third-order valence-corrected chi connectivity index (χ3v) is 7.07. The van der Waals surface area contributed by atoms with Gasteiger partial charge in [0.15, 0.2) is 6.10 Å². The van der Waals surface area contributed by atoms with Crippen LogP contribution in [0.5, 0.6) is 5.75 Å². The Morgan fingerprint density at radius 2 is 1.85 bits per heavy atom. The van der Waals surface area contributed by atoms with Crippen LogP contribution in [0, 0.1) is 5.41 Å². The number of ether oxygens (including phenoxy) is 2. The van der Waals surface area contributed by atoms with Crippen molar-refractivity contribution in [1.29, 1.82) is 5.41 Å². The summed E-state index contributed by atoms with van der Waals surface area (Å²) in [5.74, 6) is 0.677. The van der Waals surface area contributed by atoms with E-state index in [0.717, 1.165) is 40.6 Å². The van der Waals surface area contributed by atoms with Crippen molar-refractivity contribution >= 4 is 39.0 Å². The summed E-state index contributed by atoms with van der Waals surface area (Å²) in [5.41, 5.74) is 9.96. The molecule has 5 rings (SSSR count). The molecule has 0 fully saturated rings. The average molecular weight is 472 g/mol. The number of anilines is 1. The lowest BCUT2D eigenvalue weighted by molar-refractivity contribution is 0.0910. The van der Waals surface area contributed by atoms with Crippen LogP contribution in [0.2, 0.25) is 0 Å². The van der Waals surface area contributed by atoms with Gasteiger partial charge in [0.2, 0.25) is 0 Å². The number of benzene rings is 3. The molecule has 0 saturated carbocycles. The fraction of sp³-hybridized carbons (Fsp3) is 0.185. The zero-order valence-corrected chi connectivity index (χ0v) is 19.4. The van der Waals surface area contributed by atoms with Gasteiger partial charge in [0.05, 0.1) is 4.88 Å². The molecule has 1 amide bonds. The number of carbonyl (C=O) groups excluding carboxylic acids is 1. The summed E-state index contributed by atoms with van der Waals surface area (Å²) < 4.78 is 12.9. The molecule has 0 aliphatic heterocycles. The molecule has 1 aromatic heterocycles. The van der Waals surface area contributed by atoms with Crippen LogP contribution in [-0.4, -0.2) is 18.5 Å². The van der Waals surface area contributed by atoms with Crippen molar-refractivity contribution in [3.05, 3.63) is 94.4 Å². The normalized spacial score (nSPS) is 13.3. The largest absolute Gasteiger partial charge is 0.481 e. The van der Waals surface area contributed by atoms with Crippen molar-refractivity contribution in [2.75, 3.05) is 11.9 Å². The van der Waals surface area contributed by atoms with Crippen LogP contribution in [0.4, 0.5) is 10.5 Å². The molecule has 0 saturated heterocycles. The zero-order valence-electron chi connectivity index (χ0n) is 18.5.